The van der Waals surface area contributed by atoms with Crippen LogP contribution in [0.5, 0.6) is 11.5 Å². The molecule has 0 aliphatic heterocycles. The van der Waals surface area contributed by atoms with Gasteiger partial charge in [0.05, 0.1) is 0 Å². The number of hydrogen-bond donors (Lipinski definition) is 0. The molecule has 4 aromatic rings. The first-order valence-electron chi connectivity index (χ1n) is 14.3. The molecule has 0 heterocycles. The average molecular weight is 585 g/mol. The maximum absolute atomic E-state index is 10.9. The van der Waals surface area contributed by atoms with Gasteiger partial charge in [-0.2, -0.15) is 0 Å². The van der Waals surface area contributed by atoms with E-state index in [4.69, 9.17) is 14.3 Å². The number of hydrogen-bond acceptors (Lipinski definition) is 4. The number of para-hydroxylation sites is 1. The van der Waals surface area contributed by atoms with Crippen molar-refractivity contribution in [1.29, 1.82) is 0 Å². The molecule has 0 N–H and O–H groups in total. The van der Waals surface area contributed by atoms with Crippen molar-refractivity contribution >= 4 is 23.3 Å². The number of carbonyl (C=O) groups excluding carboxylic acids is 2. The summed E-state index contributed by atoms with van der Waals surface area (Å²) in [6.07, 6.45) is 18.2. The lowest BCUT2D eigenvalue weighted by Crippen LogP contribution is -1.89. The minimum atomic E-state index is 0.126. The van der Waals surface area contributed by atoms with E-state index in [0.29, 0.717) is 12.2 Å². The van der Waals surface area contributed by atoms with Crippen molar-refractivity contribution in [2.75, 3.05) is 0 Å². The van der Waals surface area contributed by atoms with Gasteiger partial charge in [-0.05, 0) is 79.6 Å². The van der Waals surface area contributed by atoms with E-state index < -0.39 is 0 Å². The minimum absolute atomic E-state index is 0.126. The predicted molar refractivity (Wildman–Crippen MR) is 184 cm³/mol. The second kappa shape index (κ2) is 21.3. The molecule has 0 bridgehead atoms. The van der Waals surface area contributed by atoms with Crippen LogP contribution in [0.15, 0.2) is 176 Å². The first kappa shape index (κ1) is 34.7. The van der Waals surface area contributed by atoms with Crippen molar-refractivity contribution < 1.29 is 19.1 Å². The molecule has 0 saturated carbocycles. The van der Waals surface area contributed by atoms with Crippen LogP contribution in [0, 0.1) is 6.92 Å². The Balaban J connectivity index is 0.000000231. The molecule has 0 spiro atoms. The summed E-state index contributed by atoms with van der Waals surface area (Å²) in [5.74, 6) is 3.31. The molecule has 4 aromatic carbocycles. The predicted octanol–water partition coefficient (Wildman–Crippen LogP) is 10.5. The van der Waals surface area contributed by atoms with E-state index in [0.717, 1.165) is 23.7 Å². The maximum atomic E-state index is 10.9. The summed E-state index contributed by atoms with van der Waals surface area (Å²) in [5.41, 5.74) is 1.24. The van der Waals surface area contributed by atoms with Crippen molar-refractivity contribution in [3.05, 3.63) is 181 Å². The van der Waals surface area contributed by atoms with Gasteiger partial charge in [-0.1, -0.05) is 121 Å². The molecular formula is C40H40O4. The zero-order valence-electron chi connectivity index (χ0n) is 25.5. The van der Waals surface area contributed by atoms with E-state index in [9.17, 15) is 4.79 Å². The zero-order chi connectivity index (χ0) is 31.8. The number of ketones is 1. The summed E-state index contributed by atoms with van der Waals surface area (Å²) < 4.78 is 11.3. The molecule has 5 rings (SSSR count). The Bertz CT molecular complexity index is 1510. The van der Waals surface area contributed by atoms with E-state index in [1.807, 2.05) is 85.7 Å². The Morgan fingerprint density at radius 3 is 1.93 bits per heavy atom. The van der Waals surface area contributed by atoms with Gasteiger partial charge in [-0.3, -0.25) is 4.79 Å². The van der Waals surface area contributed by atoms with Gasteiger partial charge >= 0.3 is 0 Å². The fourth-order valence-electron chi connectivity index (χ4n) is 3.71. The van der Waals surface area contributed by atoms with Gasteiger partial charge < -0.3 is 14.3 Å². The summed E-state index contributed by atoms with van der Waals surface area (Å²) in [7, 11) is 0. The van der Waals surface area contributed by atoms with Crippen molar-refractivity contribution in [3.63, 3.8) is 0 Å². The molecular weight excluding hydrogens is 544 g/mol. The van der Waals surface area contributed by atoms with Crippen LogP contribution >= 0.6 is 0 Å². The van der Waals surface area contributed by atoms with E-state index in [1.54, 1.807) is 31.2 Å². The summed E-state index contributed by atoms with van der Waals surface area (Å²) >= 11 is 0. The van der Waals surface area contributed by atoms with Crippen molar-refractivity contribution in [3.8, 4) is 11.5 Å². The van der Waals surface area contributed by atoms with E-state index >= 15 is 0 Å². The van der Waals surface area contributed by atoms with Crippen molar-refractivity contribution in [2.24, 2.45) is 0 Å². The van der Waals surface area contributed by atoms with Gasteiger partial charge in [0.25, 0.3) is 0 Å². The van der Waals surface area contributed by atoms with Crippen LogP contribution < -0.4 is 4.74 Å². The number of benzene rings is 4. The Morgan fingerprint density at radius 2 is 1.36 bits per heavy atom. The molecule has 4 heteroatoms. The van der Waals surface area contributed by atoms with Gasteiger partial charge in [-0.25, -0.2) is 0 Å². The van der Waals surface area contributed by atoms with Crippen LogP contribution in [0.25, 0.3) is 10.8 Å². The Morgan fingerprint density at radius 1 is 0.795 bits per heavy atom. The lowest BCUT2D eigenvalue weighted by molar-refractivity contribution is -0.116. The summed E-state index contributed by atoms with van der Waals surface area (Å²) in [6, 6.07) is 34.5. The van der Waals surface area contributed by atoms with Crippen LogP contribution in [0.1, 0.15) is 25.3 Å². The van der Waals surface area contributed by atoms with Crippen molar-refractivity contribution in [2.45, 2.75) is 26.7 Å². The first-order chi connectivity index (χ1) is 21.5. The molecule has 0 saturated heterocycles. The smallest absolute Gasteiger partial charge is 0.133 e. The van der Waals surface area contributed by atoms with Gasteiger partial charge in [0.1, 0.15) is 35.6 Å². The quantitative estimate of drug-likeness (QED) is 0.153. The molecule has 1 aliphatic rings. The number of allylic oxidation sites excluding steroid dienone is 9. The first-order valence-corrected chi connectivity index (χ1v) is 14.3. The summed E-state index contributed by atoms with van der Waals surface area (Å²) in [6.45, 7) is 9.27. The molecule has 224 valence electrons. The molecule has 44 heavy (non-hydrogen) atoms. The fraction of sp³-hybridized carbons (Fsp3) is 0.100. The number of fused-ring (bicyclic) bond motifs is 1. The molecule has 4 nitrogen and oxygen atoms in total. The number of aryl methyl sites for hydroxylation is 1. The van der Waals surface area contributed by atoms with Gasteiger partial charge in [0.15, 0.2) is 0 Å². The van der Waals surface area contributed by atoms with Crippen molar-refractivity contribution in [1.82, 2.24) is 0 Å². The Labute approximate surface area is 261 Å². The molecule has 0 unspecified atom stereocenters. The topological polar surface area (TPSA) is 52.6 Å². The Kier molecular flexibility index (Phi) is 16.8. The molecule has 0 amide bonds. The number of ether oxygens (including phenoxy) is 2. The summed E-state index contributed by atoms with van der Waals surface area (Å²) in [5, 5.41) is 2.62. The van der Waals surface area contributed by atoms with Gasteiger partial charge in [-0.15, -0.1) is 0 Å². The fourth-order valence-corrected chi connectivity index (χ4v) is 3.71. The third-order valence-electron chi connectivity index (χ3n) is 5.81. The summed E-state index contributed by atoms with van der Waals surface area (Å²) in [4.78, 5) is 18.9. The normalized spacial score (nSPS) is 11.8. The van der Waals surface area contributed by atoms with Gasteiger partial charge in [0, 0.05) is 6.42 Å². The molecule has 0 radical (unpaired) electrons. The number of Topliss-reactive ketones (excluding diaryl/α,β-unsaturated/α-hetero) is 1. The van der Waals surface area contributed by atoms with E-state index in [-0.39, 0.29) is 5.78 Å². The zero-order valence-corrected chi connectivity index (χ0v) is 25.5. The number of rotatable bonds is 8. The minimum Gasteiger partial charge on any atom is -0.457 e. The average Bonchev–Trinajstić information content (AvgIpc) is 3.33. The maximum Gasteiger partial charge on any atom is 0.133 e. The van der Waals surface area contributed by atoms with Crippen LogP contribution in [0.4, 0.5) is 0 Å². The molecule has 0 fully saturated rings. The third kappa shape index (κ3) is 14.4. The Hall–Kier alpha value is -5.48. The van der Waals surface area contributed by atoms with E-state index in [1.165, 1.54) is 16.3 Å². The standard InChI is InChI=1S/C16H18O2.C13H12O.C10H8.CH2O/c1-3-9-15(13-8-10-14(2)17)18-16-11-6-4-5-7-12-16;1-11-7-9-13(10-8-11)14-12-5-3-2-4-6-12;1-2-6-10-8-4-3-7-9(10)5-1;1-2/h3-4,6-9,11-13H,1,5,10H2,2H3;2-10H,1H3;1-8H;1H2/b13-8-,15-9+;;;. The molecule has 0 atom stereocenters. The highest BCUT2D eigenvalue weighted by Crippen LogP contribution is 2.20. The number of carbonyl (C=O) groups is 2. The highest BCUT2D eigenvalue weighted by molar-refractivity contribution is 5.82. The van der Waals surface area contributed by atoms with Crippen LogP contribution in [0.2, 0.25) is 0 Å². The lowest BCUT2D eigenvalue weighted by atomic mass is 10.1. The van der Waals surface area contributed by atoms with Gasteiger partial charge in [0.2, 0.25) is 0 Å². The monoisotopic (exact) mass is 584 g/mol. The lowest BCUT2D eigenvalue weighted by Gasteiger charge is -2.06. The third-order valence-corrected chi connectivity index (χ3v) is 5.81. The van der Waals surface area contributed by atoms with Crippen LogP contribution in [-0.4, -0.2) is 12.6 Å². The largest absolute Gasteiger partial charge is 0.457 e. The van der Waals surface area contributed by atoms with E-state index in [2.05, 4.69) is 68.1 Å². The highest BCUT2D eigenvalue weighted by Gasteiger charge is 1.98. The molecule has 0 aromatic heterocycles. The second-order valence-electron chi connectivity index (χ2n) is 9.43. The highest BCUT2D eigenvalue weighted by atomic mass is 16.5. The van der Waals surface area contributed by atoms with Crippen LogP contribution in [-0.2, 0) is 14.3 Å². The SMILES string of the molecule is C=C/C=C(\C=C/CC(C)=O)OC1=CC=CCC=C1.C=O.Cc1ccc(Oc2ccccc2)cc1.c1ccc2ccccc2c1. The second-order valence-corrected chi connectivity index (χ2v) is 9.43. The molecule has 1 aliphatic carbocycles. The van der Waals surface area contributed by atoms with Crippen LogP contribution in [0.3, 0.4) is 0 Å².